The highest BCUT2D eigenvalue weighted by Gasteiger charge is 2.18. The Morgan fingerprint density at radius 2 is 1.97 bits per heavy atom. The summed E-state index contributed by atoms with van der Waals surface area (Å²) in [5, 5.41) is 10.6. The fraction of sp³-hybridized carbons (Fsp3) is 0.450. The minimum atomic E-state index is -0.632. The van der Waals surface area contributed by atoms with Crippen LogP contribution in [0.4, 0.5) is 0 Å². The van der Waals surface area contributed by atoms with Crippen LogP contribution in [0.15, 0.2) is 34.1 Å². The Labute approximate surface area is 178 Å². The van der Waals surface area contributed by atoms with Crippen LogP contribution in [0.2, 0.25) is 0 Å². The summed E-state index contributed by atoms with van der Waals surface area (Å²) in [7, 11) is 1.36. The van der Waals surface area contributed by atoms with Crippen LogP contribution in [0.5, 0.6) is 0 Å². The molecule has 11 heteroatoms. The third-order valence-corrected chi connectivity index (χ3v) is 5.05. The molecular weight excluding hydrogens is 400 g/mol. The molecule has 3 rings (SSSR count). The van der Waals surface area contributed by atoms with Crippen LogP contribution in [0.1, 0.15) is 36.5 Å². The van der Waals surface area contributed by atoms with E-state index in [1.165, 1.54) is 11.6 Å². The van der Waals surface area contributed by atoms with Gasteiger partial charge in [0.05, 0.1) is 6.54 Å². The Morgan fingerprint density at radius 3 is 2.65 bits per heavy atom. The quantitative estimate of drug-likeness (QED) is 0.466. The number of nitrogens with one attached hydrogen (secondary N) is 1. The van der Waals surface area contributed by atoms with E-state index in [0.717, 1.165) is 36.2 Å². The zero-order chi connectivity index (χ0) is 22.4. The summed E-state index contributed by atoms with van der Waals surface area (Å²) in [6, 6.07) is 3.55. The van der Waals surface area contributed by atoms with Gasteiger partial charge < -0.3 is 10.2 Å². The lowest BCUT2D eigenvalue weighted by molar-refractivity contribution is 0.0940. The summed E-state index contributed by atoms with van der Waals surface area (Å²) >= 11 is 0. The number of carbonyl (C=O) groups is 1. The molecule has 0 saturated heterocycles. The minimum absolute atomic E-state index is 0.0232. The van der Waals surface area contributed by atoms with Gasteiger partial charge >= 0.3 is 5.69 Å². The van der Waals surface area contributed by atoms with Gasteiger partial charge in [-0.3, -0.25) is 23.7 Å². The van der Waals surface area contributed by atoms with Crippen molar-refractivity contribution >= 4 is 17.1 Å². The standard InChI is InChI=1S/C20H26N8O3/c1-4-27(5-2)11-7-10-22-18(29)16-23-15-17(25-24-16)28(20(31)26(3)19(15)30)13-14-8-6-9-21-12-14/h6,8-9,12H,4-5,7,10-11,13H2,1-3H3,(H,22,29). The van der Waals surface area contributed by atoms with E-state index >= 15 is 0 Å². The average molecular weight is 426 g/mol. The smallest absolute Gasteiger partial charge is 0.332 e. The molecule has 0 radical (unpaired) electrons. The van der Waals surface area contributed by atoms with E-state index in [-0.39, 0.29) is 23.5 Å². The lowest BCUT2D eigenvalue weighted by atomic mass is 10.3. The van der Waals surface area contributed by atoms with Crippen molar-refractivity contribution in [2.24, 2.45) is 7.05 Å². The predicted molar refractivity (Wildman–Crippen MR) is 115 cm³/mol. The lowest BCUT2D eigenvalue weighted by Gasteiger charge is -2.17. The number of rotatable bonds is 9. The zero-order valence-corrected chi connectivity index (χ0v) is 17.9. The van der Waals surface area contributed by atoms with E-state index in [1.54, 1.807) is 24.5 Å². The van der Waals surface area contributed by atoms with Crippen molar-refractivity contribution in [3.05, 3.63) is 56.8 Å². The Kier molecular flexibility index (Phi) is 7.19. The van der Waals surface area contributed by atoms with Crippen molar-refractivity contribution in [1.29, 1.82) is 0 Å². The summed E-state index contributed by atoms with van der Waals surface area (Å²) in [4.78, 5) is 48.1. The monoisotopic (exact) mass is 426 g/mol. The molecule has 164 valence electrons. The molecule has 3 aromatic heterocycles. The van der Waals surface area contributed by atoms with Gasteiger partial charge in [-0.25, -0.2) is 9.78 Å². The third kappa shape index (κ3) is 5.00. The molecule has 0 bridgehead atoms. The molecule has 3 heterocycles. The Morgan fingerprint density at radius 1 is 1.19 bits per heavy atom. The number of fused-ring (bicyclic) bond motifs is 1. The zero-order valence-electron chi connectivity index (χ0n) is 17.9. The minimum Gasteiger partial charge on any atom is -0.349 e. The molecule has 0 aliphatic heterocycles. The van der Waals surface area contributed by atoms with Crippen molar-refractivity contribution in [3.63, 3.8) is 0 Å². The molecule has 1 amide bonds. The first-order valence-electron chi connectivity index (χ1n) is 10.2. The van der Waals surface area contributed by atoms with E-state index in [1.807, 2.05) is 0 Å². The topological polar surface area (TPSA) is 128 Å². The normalized spacial score (nSPS) is 11.2. The molecule has 0 aliphatic carbocycles. The van der Waals surface area contributed by atoms with Crippen LogP contribution in [0.25, 0.3) is 11.2 Å². The van der Waals surface area contributed by atoms with Gasteiger partial charge in [-0.15, -0.1) is 10.2 Å². The van der Waals surface area contributed by atoms with E-state index in [4.69, 9.17) is 0 Å². The molecule has 0 fully saturated rings. The molecule has 11 nitrogen and oxygen atoms in total. The molecule has 0 atom stereocenters. The second-order valence-corrected chi connectivity index (χ2v) is 7.04. The number of carbonyl (C=O) groups excluding carboxylic acids is 1. The van der Waals surface area contributed by atoms with Crippen LogP contribution in [-0.2, 0) is 13.6 Å². The molecule has 0 unspecified atom stereocenters. The summed E-state index contributed by atoms with van der Waals surface area (Å²) < 4.78 is 2.23. The van der Waals surface area contributed by atoms with Gasteiger partial charge in [0.1, 0.15) is 0 Å². The van der Waals surface area contributed by atoms with Crippen LogP contribution in [0, 0.1) is 0 Å². The van der Waals surface area contributed by atoms with E-state index < -0.39 is 17.2 Å². The highest BCUT2D eigenvalue weighted by Crippen LogP contribution is 2.05. The van der Waals surface area contributed by atoms with Crippen molar-refractivity contribution in [3.8, 4) is 0 Å². The predicted octanol–water partition coefficient (Wildman–Crippen LogP) is -0.210. The average Bonchev–Trinajstić information content (AvgIpc) is 2.80. The highest BCUT2D eigenvalue weighted by atomic mass is 16.2. The first-order chi connectivity index (χ1) is 15.0. The number of nitrogens with zero attached hydrogens (tertiary/aromatic N) is 7. The molecule has 0 saturated carbocycles. The summed E-state index contributed by atoms with van der Waals surface area (Å²) in [5.41, 5.74) is -0.496. The molecule has 0 spiro atoms. The van der Waals surface area contributed by atoms with Crippen molar-refractivity contribution in [2.75, 3.05) is 26.2 Å². The van der Waals surface area contributed by atoms with E-state index in [2.05, 4.69) is 44.2 Å². The fourth-order valence-corrected chi connectivity index (χ4v) is 3.20. The van der Waals surface area contributed by atoms with Gasteiger partial charge in [0.15, 0.2) is 11.2 Å². The maximum Gasteiger partial charge on any atom is 0.332 e. The first kappa shape index (κ1) is 22.2. The second-order valence-electron chi connectivity index (χ2n) is 7.04. The van der Waals surface area contributed by atoms with Crippen LogP contribution >= 0.6 is 0 Å². The van der Waals surface area contributed by atoms with Gasteiger partial charge in [-0.2, -0.15) is 0 Å². The van der Waals surface area contributed by atoms with Gasteiger partial charge in [0.25, 0.3) is 11.5 Å². The number of amides is 1. The van der Waals surface area contributed by atoms with Crippen molar-refractivity contribution < 1.29 is 4.79 Å². The second kappa shape index (κ2) is 10.0. The molecular formula is C20H26N8O3. The van der Waals surface area contributed by atoms with Gasteiger partial charge in [0.2, 0.25) is 5.82 Å². The highest BCUT2D eigenvalue weighted by molar-refractivity contribution is 5.91. The molecule has 31 heavy (non-hydrogen) atoms. The number of hydrogen-bond acceptors (Lipinski definition) is 8. The number of pyridine rings is 1. The maximum absolute atomic E-state index is 12.6. The summed E-state index contributed by atoms with van der Waals surface area (Å²) in [5.74, 6) is -0.722. The summed E-state index contributed by atoms with van der Waals surface area (Å²) in [6.45, 7) is 7.54. The van der Waals surface area contributed by atoms with Crippen molar-refractivity contribution in [1.82, 2.24) is 39.5 Å². The van der Waals surface area contributed by atoms with Gasteiger partial charge in [-0.05, 0) is 37.7 Å². The van der Waals surface area contributed by atoms with Gasteiger partial charge in [0, 0.05) is 26.0 Å². The van der Waals surface area contributed by atoms with Crippen LogP contribution in [-0.4, -0.2) is 66.3 Å². The number of hydrogen-bond donors (Lipinski definition) is 1. The van der Waals surface area contributed by atoms with Crippen LogP contribution in [0.3, 0.4) is 0 Å². The first-order valence-corrected chi connectivity index (χ1v) is 10.2. The summed E-state index contributed by atoms with van der Waals surface area (Å²) in [6.07, 6.45) is 4.02. The molecule has 0 aliphatic rings. The molecule has 0 aromatic carbocycles. The molecule has 1 N–H and O–H groups in total. The lowest BCUT2D eigenvalue weighted by Crippen LogP contribution is -2.40. The van der Waals surface area contributed by atoms with Crippen LogP contribution < -0.4 is 16.6 Å². The van der Waals surface area contributed by atoms with Crippen molar-refractivity contribution in [2.45, 2.75) is 26.8 Å². The van der Waals surface area contributed by atoms with Gasteiger partial charge in [-0.1, -0.05) is 19.9 Å². The Hall–Kier alpha value is -3.47. The van der Waals surface area contributed by atoms with E-state index in [9.17, 15) is 14.4 Å². The SMILES string of the molecule is CCN(CC)CCCNC(=O)c1nnc2c(n1)c(=O)n(C)c(=O)n2Cc1cccnc1. The maximum atomic E-state index is 12.6. The largest absolute Gasteiger partial charge is 0.349 e. The third-order valence-electron chi connectivity index (χ3n) is 5.05. The Balaban J connectivity index is 1.85. The fourth-order valence-electron chi connectivity index (χ4n) is 3.20. The van der Waals surface area contributed by atoms with E-state index in [0.29, 0.717) is 6.54 Å². The molecule has 3 aromatic rings. The Bertz CT molecular complexity index is 1170. The number of aromatic nitrogens is 6.